The minimum Gasteiger partial charge on any atom is -0.368 e. The molecule has 10 heteroatoms. The Morgan fingerprint density at radius 3 is 2.47 bits per heavy atom. The zero-order valence-electron chi connectivity index (χ0n) is 16.0. The fraction of sp³-hybridized carbons (Fsp3) is 0.250. The molecule has 1 aliphatic heterocycles. The number of hydrogen-bond donors (Lipinski definition) is 1. The molecule has 30 heavy (non-hydrogen) atoms. The van der Waals surface area contributed by atoms with Crippen LogP contribution in [0.5, 0.6) is 0 Å². The number of thiophene rings is 2. The van der Waals surface area contributed by atoms with Crippen molar-refractivity contribution in [3.8, 4) is 0 Å². The smallest absolute Gasteiger partial charge is 0.263 e. The van der Waals surface area contributed by atoms with Gasteiger partial charge in [0.15, 0.2) is 0 Å². The summed E-state index contributed by atoms with van der Waals surface area (Å²) in [7, 11) is -3.76. The molecule has 1 amide bonds. The molecule has 4 rings (SSSR count). The number of nitrogens with zero attached hydrogens (tertiary/aromatic N) is 2. The lowest BCUT2D eigenvalue weighted by molar-refractivity contribution is 0.0952. The van der Waals surface area contributed by atoms with Crippen molar-refractivity contribution in [2.45, 2.75) is 11.4 Å². The average Bonchev–Trinajstić information content (AvgIpc) is 3.45. The highest BCUT2D eigenvalue weighted by Crippen LogP contribution is 2.29. The second-order valence-electron chi connectivity index (χ2n) is 6.72. The van der Waals surface area contributed by atoms with Crippen LogP contribution in [0.1, 0.15) is 14.5 Å². The fourth-order valence-corrected chi connectivity index (χ4v) is 6.98. The van der Waals surface area contributed by atoms with E-state index in [0.29, 0.717) is 37.7 Å². The number of para-hydroxylation sites is 1. The van der Waals surface area contributed by atoms with Crippen LogP contribution in [0.4, 0.5) is 5.69 Å². The second-order valence-corrected chi connectivity index (χ2v) is 11.0. The third-order valence-electron chi connectivity index (χ3n) is 4.89. The predicted octanol–water partition coefficient (Wildman–Crippen LogP) is 3.90. The summed E-state index contributed by atoms with van der Waals surface area (Å²) in [6, 6.07) is 12.9. The minimum atomic E-state index is -3.76. The number of sulfonamides is 1. The lowest BCUT2D eigenvalue weighted by Gasteiger charge is -2.35. The maximum Gasteiger partial charge on any atom is 0.263 e. The van der Waals surface area contributed by atoms with Gasteiger partial charge in [-0.1, -0.05) is 29.8 Å². The molecule has 3 aromatic rings. The van der Waals surface area contributed by atoms with Crippen molar-refractivity contribution in [3.05, 3.63) is 68.0 Å². The Morgan fingerprint density at radius 2 is 1.77 bits per heavy atom. The molecule has 0 aliphatic carbocycles. The Hall–Kier alpha value is -1.91. The Kier molecular flexibility index (Phi) is 6.45. The van der Waals surface area contributed by atoms with Crippen molar-refractivity contribution in [2.75, 3.05) is 31.1 Å². The lowest BCUT2D eigenvalue weighted by Crippen LogP contribution is -2.49. The molecule has 0 unspecified atom stereocenters. The number of rotatable bonds is 6. The SMILES string of the molecule is O=C(NCc1cccs1)c1sccc1S(=O)(=O)N1CCN(c2ccccc2Cl)CC1. The molecular weight excluding hydrogens is 462 g/mol. The monoisotopic (exact) mass is 481 g/mol. The number of carbonyl (C=O) groups is 1. The summed E-state index contributed by atoms with van der Waals surface area (Å²) in [5.74, 6) is -0.369. The van der Waals surface area contributed by atoms with Crippen LogP contribution in [0.25, 0.3) is 0 Å². The van der Waals surface area contributed by atoms with Gasteiger partial charge in [-0.05, 0) is 35.0 Å². The number of anilines is 1. The number of halogens is 1. The molecule has 1 saturated heterocycles. The molecular formula is C20H20ClN3O3S3. The first-order valence-corrected chi connectivity index (χ1v) is 12.9. The van der Waals surface area contributed by atoms with E-state index in [1.165, 1.54) is 10.4 Å². The highest BCUT2D eigenvalue weighted by Gasteiger charge is 2.32. The van der Waals surface area contributed by atoms with Crippen LogP contribution < -0.4 is 10.2 Å². The van der Waals surface area contributed by atoms with Crippen LogP contribution >= 0.6 is 34.3 Å². The Labute approximate surface area is 188 Å². The van der Waals surface area contributed by atoms with E-state index in [9.17, 15) is 13.2 Å². The highest BCUT2D eigenvalue weighted by molar-refractivity contribution is 7.89. The Balaban J connectivity index is 1.45. The second kappa shape index (κ2) is 9.07. The largest absolute Gasteiger partial charge is 0.368 e. The van der Waals surface area contributed by atoms with E-state index in [-0.39, 0.29) is 15.7 Å². The molecule has 0 atom stereocenters. The summed E-state index contributed by atoms with van der Waals surface area (Å²) in [5.41, 5.74) is 0.903. The van der Waals surface area contributed by atoms with Gasteiger partial charge in [-0.3, -0.25) is 4.79 Å². The van der Waals surface area contributed by atoms with Crippen LogP contribution in [-0.2, 0) is 16.6 Å². The van der Waals surface area contributed by atoms with E-state index in [4.69, 9.17) is 11.6 Å². The van der Waals surface area contributed by atoms with Gasteiger partial charge in [-0.2, -0.15) is 4.31 Å². The van der Waals surface area contributed by atoms with E-state index >= 15 is 0 Å². The van der Waals surface area contributed by atoms with Crippen molar-refractivity contribution in [1.29, 1.82) is 0 Å². The van der Waals surface area contributed by atoms with E-state index in [2.05, 4.69) is 10.2 Å². The van der Waals surface area contributed by atoms with E-state index < -0.39 is 10.0 Å². The molecule has 6 nitrogen and oxygen atoms in total. The molecule has 3 heterocycles. The molecule has 2 aromatic heterocycles. The zero-order valence-corrected chi connectivity index (χ0v) is 19.2. The molecule has 1 aromatic carbocycles. The van der Waals surface area contributed by atoms with Gasteiger partial charge < -0.3 is 10.2 Å². The maximum absolute atomic E-state index is 13.2. The van der Waals surface area contributed by atoms with Crippen LogP contribution in [0.3, 0.4) is 0 Å². The maximum atomic E-state index is 13.2. The van der Waals surface area contributed by atoms with E-state index in [1.807, 2.05) is 41.8 Å². The third-order valence-corrected chi connectivity index (χ3v) is 9.07. The van der Waals surface area contributed by atoms with Crippen LogP contribution in [0.2, 0.25) is 5.02 Å². The van der Waals surface area contributed by atoms with Gasteiger partial charge in [0.2, 0.25) is 10.0 Å². The van der Waals surface area contributed by atoms with Gasteiger partial charge in [0.25, 0.3) is 5.91 Å². The predicted molar refractivity (Wildman–Crippen MR) is 122 cm³/mol. The number of hydrogen-bond acceptors (Lipinski definition) is 6. The third kappa shape index (κ3) is 4.40. The number of nitrogens with one attached hydrogen (secondary N) is 1. The van der Waals surface area contributed by atoms with Gasteiger partial charge in [0, 0.05) is 31.1 Å². The van der Waals surface area contributed by atoms with E-state index in [0.717, 1.165) is 21.9 Å². The molecule has 1 aliphatic rings. The van der Waals surface area contributed by atoms with Gasteiger partial charge in [-0.25, -0.2) is 8.42 Å². The highest BCUT2D eigenvalue weighted by atomic mass is 35.5. The lowest BCUT2D eigenvalue weighted by atomic mass is 10.2. The number of benzene rings is 1. The van der Waals surface area contributed by atoms with Crippen LogP contribution in [0, 0.1) is 0 Å². The number of carbonyl (C=O) groups excluding carboxylic acids is 1. The normalized spacial score (nSPS) is 15.3. The van der Waals surface area contributed by atoms with Gasteiger partial charge in [-0.15, -0.1) is 22.7 Å². The van der Waals surface area contributed by atoms with Crippen molar-refractivity contribution >= 4 is 55.9 Å². The van der Waals surface area contributed by atoms with Crippen molar-refractivity contribution < 1.29 is 13.2 Å². The van der Waals surface area contributed by atoms with Gasteiger partial charge >= 0.3 is 0 Å². The van der Waals surface area contributed by atoms with Gasteiger partial charge in [0.05, 0.1) is 17.3 Å². The number of piperazine rings is 1. The van der Waals surface area contributed by atoms with E-state index in [1.54, 1.807) is 16.7 Å². The first kappa shape index (κ1) is 21.3. The molecule has 0 bridgehead atoms. The summed E-state index contributed by atoms with van der Waals surface area (Å²) in [5, 5.41) is 7.04. The quantitative estimate of drug-likeness (QED) is 0.579. The first-order chi connectivity index (χ1) is 14.5. The van der Waals surface area contributed by atoms with Crippen molar-refractivity contribution in [1.82, 2.24) is 9.62 Å². The standard InChI is InChI=1S/C20H20ClN3O3S3/c21-16-5-1-2-6-17(16)23-8-10-24(11-9-23)30(26,27)18-7-13-29-19(18)20(25)22-14-15-4-3-12-28-15/h1-7,12-13H,8-11,14H2,(H,22,25). The fourth-order valence-electron chi connectivity index (χ4n) is 3.34. The molecule has 158 valence electrons. The van der Waals surface area contributed by atoms with Crippen molar-refractivity contribution in [2.24, 2.45) is 0 Å². The summed E-state index contributed by atoms with van der Waals surface area (Å²) in [6.45, 7) is 2.11. The topological polar surface area (TPSA) is 69.7 Å². The molecule has 1 fully saturated rings. The van der Waals surface area contributed by atoms with Crippen LogP contribution in [-0.4, -0.2) is 44.8 Å². The number of amides is 1. The molecule has 0 saturated carbocycles. The van der Waals surface area contributed by atoms with Crippen LogP contribution in [0.15, 0.2) is 58.1 Å². The Morgan fingerprint density at radius 1 is 1.00 bits per heavy atom. The zero-order chi connectivity index (χ0) is 21.1. The molecule has 0 spiro atoms. The summed E-state index contributed by atoms with van der Waals surface area (Å²) in [4.78, 5) is 16.0. The first-order valence-electron chi connectivity index (χ1n) is 9.34. The minimum absolute atomic E-state index is 0.0716. The summed E-state index contributed by atoms with van der Waals surface area (Å²) < 4.78 is 27.9. The molecule has 1 N–H and O–H groups in total. The summed E-state index contributed by atoms with van der Waals surface area (Å²) >= 11 is 8.96. The average molecular weight is 482 g/mol. The summed E-state index contributed by atoms with van der Waals surface area (Å²) in [6.07, 6.45) is 0. The van der Waals surface area contributed by atoms with Crippen molar-refractivity contribution in [3.63, 3.8) is 0 Å². The molecule has 0 radical (unpaired) electrons. The van der Waals surface area contributed by atoms with Gasteiger partial charge in [0.1, 0.15) is 9.77 Å². The Bertz CT molecular complexity index is 1120.